The van der Waals surface area contributed by atoms with Crippen LogP contribution in [0.25, 0.3) is 0 Å². The topological polar surface area (TPSA) is 21.3 Å². The molecule has 2 aromatic rings. The summed E-state index contributed by atoms with van der Waals surface area (Å²) in [5.41, 5.74) is 2.60. The average molecular weight is 253 g/mol. The Morgan fingerprint density at radius 3 is 2.63 bits per heavy atom. The van der Waals surface area contributed by atoms with Crippen LogP contribution in [0.3, 0.4) is 0 Å². The van der Waals surface area contributed by atoms with E-state index in [2.05, 4.69) is 60.8 Å². The highest BCUT2D eigenvalue weighted by atomic mass is 16.5. The SMILES string of the molecule is C[C@@H](NC1CCOc2ccccc21)c1ccccc1. The zero-order chi connectivity index (χ0) is 13.1. The van der Waals surface area contributed by atoms with Gasteiger partial charge < -0.3 is 10.1 Å². The van der Waals surface area contributed by atoms with E-state index in [1.807, 2.05) is 6.07 Å². The lowest BCUT2D eigenvalue weighted by Gasteiger charge is -2.29. The second kappa shape index (κ2) is 5.45. The summed E-state index contributed by atoms with van der Waals surface area (Å²) in [7, 11) is 0. The third-order valence-electron chi connectivity index (χ3n) is 3.71. The first-order chi connectivity index (χ1) is 9.34. The molecule has 98 valence electrons. The molecule has 1 unspecified atom stereocenters. The van der Waals surface area contributed by atoms with Crippen molar-refractivity contribution >= 4 is 0 Å². The van der Waals surface area contributed by atoms with E-state index in [4.69, 9.17) is 4.74 Å². The highest BCUT2D eigenvalue weighted by Crippen LogP contribution is 2.33. The molecule has 3 rings (SSSR count). The first-order valence-corrected chi connectivity index (χ1v) is 6.87. The van der Waals surface area contributed by atoms with Gasteiger partial charge in [-0.15, -0.1) is 0 Å². The normalized spacial score (nSPS) is 19.3. The maximum atomic E-state index is 5.70. The zero-order valence-electron chi connectivity index (χ0n) is 11.2. The lowest BCUT2D eigenvalue weighted by atomic mass is 9.98. The van der Waals surface area contributed by atoms with E-state index in [0.29, 0.717) is 12.1 Å². The van der Waals surface area contributed by atoms with Gasteiger partial charge in [0, 0.05) is 24.1 Å². The van der Waals surface area contributed by atoms with Crippen molar-refractivity contribution in [1.29, 1.82) is 0 Å². The first kappa shape index (κ1) is 12.2. The van der Waals surface area contributed by atoms with Gasteiger partial charge in [0.25, 0.3) is 0 Å². The van der Waals surface area contributed by atoms with Gasteiger partial charge in [0.2, 0.25) is 0 Å². The van der Waals surface area contributed by atoms with Crippen molar-refractivity contribution in [2.45, 2.75) is 25.4 Å². The molecule has 1 heterocycles. The van der Waals surface area contributed by atoms with Crippen LogP contribution in [0.2, 0.25) is 0 Å². The Kier molecular flexibility index (Phi) is 3.51. The van der Waals surface area contributed by atoms with Crippen molar-refractivity contribution in [2.24, 2.45) is 0 Å². The Balaban J connectivity index is 1.78. The summed E-state index contributed by atoms with van der Waals surface area (Å²) in [6.07, 6.45) is 1.02. The van der Waals surface area contributed by atoms with Crippen LogP contribution in [0.15, 0.2) is 54.6 Å². The van der Waals surface area contributed by atoms with Crippen LogP contribution in [0.5, 0.6) is 5.75 Å². The minimum absolute atomic E-state index is 0.345. The zero-order valence-corrected chi connectivity index (χ0v) is 11.2. The monoisotopic (exact) mass is 253 g/mol. The summed E-state index contributed by atoms with van der Waals surface area (Å²) in [6, 6.07) is 19.6. The summed E-state index contributed by atoms with van der Waals surface area (Å²) in [6.45, 7) is 3.00. The third-order valence-corrected chi connectivity index (χ3v) is 3.71. The summed E-state index contributed by atoms with van der Waals surface area (Å²) < 4.78 is 5.70. The van der Waals surface area contributed by atoms with E-state index < -0.39 is 0 Å². The fourth-order valence-corrected chi connectivity index (χ4v) is 2.65. The predicted molar refractivity (Wildman–Crippen MR) is 77.3 cm³/mol. The molecule has 0 aliphatic carbocycles. The lowest BCUT2D eigenvalue weighted by Crippen LogP contribution is -2.29. The molecule has 1 aliphatic rings. The van der Waals surface area contributed by atoms with E-state index in [-0.39, 0.29) is 0 Å². The Morgan fingerprint density at radius 2 is 1.79 bits per heavy atom. The second-order valence-corrected chi connectivity index (χ2v) is 5.03. The predicted octanol–water partition coefficient (Wildman–Crippen LogP) is 3.86. The highest BCUT2D eigenvalue weighted by molar-refractivity contribution is 5.37. The van der Waals surface area contributed by atoms with Gasteiger partial charge in [-0.3, -0.25) is 0 Å². The maximum absolute atomic E-state index is 5.70. The second-order valence-electron chi connectivity index (χ2n) is 5.03. The van der Waals surface area contributed by atoms with Crippen LogP contribution in [0.1, 0.15) is 36.6 Å². The maximum Gasteiger partial charge on any atom is 0.124 e. The molecular weight excluding hydrogens is 234 g/mol. The van der Waals surface area contributed by atoms with E-state index in [9.17, 15) is 0 Å². The van der Waals surface area contributed by atoms with E-state index >= 15 is 0 Å². The molecule has 0 amide bonds. The van der Waals surface area contributed by atoms with Crippen LogP contribution < -0.4 is 10.1 Å². The van der Waals surface area contributed by atoms with Crippen LogP contribution in [-0.2, 0) is 0 Å². The number of para-hydroxylation sites is 1. The molecule has 2 nitrogen and oxygen atoms in total. The van der Waals surface area contributed by atoms with Crippen LogP contribution in [0, 0.1) is 0 Å². The van der Waals surface area contributed by atoms with Crippen molar-refractivity contribution in [1.82, 2.24) is 5.32 Å². The number of nitrogens with one attached hydrogen (secondary N) is 1. The van der Waals surface area contributed by atoms with Gasteiger partial charge in [0.15, 0.2) is 0 Å². The molecule has 19 heavy (non-hydrogen) atoms. The lowest BCUT2D eigenvalue weighted by molar-refractivity contribution is 0.246. The number of benzene rings is 2. The Bertz CT molecular complexity index is 538. The molecule has 2 atom stereocenters. The standard InChI is InChI=1S/C17H19NO/c1-13(14-7-3-2-4-8-14)18-16-11-12-19-17-10-6-5-9-15(16)17/h2-10,13,16,18H,11-12H2,1H3/t13-,16?/m1/s1. The fraction of sp³-hybridized carbons (Fsp3) is 0.294. The molecule has 0 fully saturated rings. The summed E-state index contributed by atoms with van der Waals surface area (Å²) in [5, 5.41) is 3.71. The molecule has 0 radical (unpaired) electrons. The van der Waals surface area contributed by atoms with Crippen LogP contribution in [0.4, 0.5) is 0 Å². The number of rotatable bonds is 3. The summed E-state index contributed by atoms with van der Waals surface area (Å²) in [5.74, 6) is 1.02. The van der Waals surface area contributed by atoms with Crippen molar-refractivity contribution < 1.29 is 4.74 Å². The summed E-state index contributed by atoms with van der Waals surface area (Å²) in [4.78, 5) is 0. The smallest absolute Gasteiger partial charge is 0.124 e. The molecule has 0 saturated heterocycles. The molecule has 2 aromatic carbocycles. The molecule has 0 saturated carbocycles. The molecule has 1 N–H and O–H groups in total. The molecule has 1 aliphatic heterocycles. The molecule has 0 bridgehead atoms. The van der Waals surface area contributed by atoms with Gasteiger partial charge in [-0.1, -0.05) is 48.5 Å². The van der Waals surface area contributed by atoms with Crippen molar-refractivity contribution in [3.8, 4) is 5.75 Å². The number of ether oxygens (including phenoxy) is 1. The van der Waals surface area contributed by atoms with Crippen LogP contribution in [-0.4, -0.2) is 6.61 Å². The van der Waals surface area contributed by atoms with Gasteiger partial charge in [0.05, 0.1) is 6.61 Å². The van der Waals surface area contributed by atoms with E-state index in [0.717, 1.165) is 18.8 Å². The number of fused-ring (bicyclic) bond motifs is 1. The quantitative estimate of drug-likeness (QED) is 0.896. The van der Waals surface area contributed by atoms with Gasteiger partial charge in [-0.25, -0.2) is 0 Å². The van der Waals surface area contributed by atoms with Gasteiger partial charge >= 0.3 is 0 Å². The Labute approximate surface area is 114 Å². The number of hydrogen-bond acceptors (Lipinski definition) is 2. The Hall–Kier alpha value is -1.80. The van der Waals surface area contributed by atoms with Crippen molar-refractivity contribution in [3.05, 3.63) is 65.7 Å². The Morgan fingerprint density at radius 1 is 1.05 bits per heavy atom. The van der Waals surface area contributed by atoms with Crippen molar-refractivity contribution in [2.75, 3.05) is 6.61 Å². The highest BCUT2D eigenvalue weighted by Gasteiger charge is 2.22. The fourth-order valence-electron chi connectivity index (χ4n) is 2.65. The molecular formula is C17H19NO. The summed E-state index contributed by atoms with van der Waals surface area (Å²) >= 11 is 0. The van der Waals surface area contributed by atoms with Gasteiger partial charge in [-0.05, 0) is 18.6 Å². The third kappa shape index (κ3) is 2.64. The van der Waals surface area contributed by atoms with Crippen molar-refractivity contribution in [3.63, 3.8) is 0 Å². The minimum Gasteiger partial charge on any atom is -0.493 e. The van der Waals surface area contributed by atoms with E-state index in [1.165, 1.54) is 11.1 Å². The molecule has 0 spiro atoms. The molecule has 0 aromatic heterocycles. The van der Waals surface area contributed by atoms with E-state index in [1.54, 1.807) is 0 Å². The minimum atomic E-state index is 0.345. The average Bonchev–Trinajstić information content (AvgIpc) is 2.48. The van der Waals surface area contributed by atoms with Crippen LogP contribution >= 0.6 is 0 Å². The van der Waals surface area contributed by atoms with Gasteiger partial charge in [0.1, 0.15) is 5.75 Å². The molecule has 2 heteroatoms. The largest absolute Gasteiger partial charge is 0.493 e. The first-order valence-electron chi connectivity index (χ1n) is 6.87. The number of hydrogen-bond donors (Lipinski definition) is 1. The van der Waals surface area contributed by atoms with Gasteiger partial charge in [-0.2, -0.15) is 0 Å².